The largest absolute Gasteiger partial charge is 0.339 e. The summed E-state index contributed by atoms with van der Waals surface area (Å²) in [6.07, 6.45) is 5.63. The van der Waals surface area contributed by atoms with Gasteiger partial charge in [-0.3, -0.25) is 4.79 Å². The van der Waals surface area contributed by atoms with Crippen LogP contribution in [0.3, 0.4) is 0 Å². The Bertz CT molecular complexity index is 1280. The van der Waals surface area contributed by atoms with Gasteiger partial charge in [0, 0.05) is 36.6 Å². The van der Waals surface area contributed by atoms with Gasteiger partial charge in [0.25, 0.3) is 10.0 Å². The molecule has 2 aliphatic rings. The lowest BCUT2D eigenvalue weighted by Crippen LogP contribution is -2.43. The highest BCUT2D eigenvalue weighted by Crippen LogP contribution is 2.32. The number of sulfonamides is 1. The van der Waals surface area contributed by atoms with Crippen molar-refractivity contribution in [1.29, 1.82) is 0 Å². The molecule has 1 aliphatic carbocycles. The first-order valence-electron chi connectivity index (χ1n) is 11.2. The van der Waals surface area contributed by atoms with Gasteiger partial charge in [-0.15, -0.1) is 11.3 Å². The van der Waals surface area contributed by atoms with E-state index >= 15 is 0 Å². The van der Waals surface area contributed by atoms with Gasteiger partial charge < -0.3 is 9.84 Å². The number of benzene rings is 1. The number of aryl methyl sites for hydroxylation is 2. The number of hydrogen-bond donors (Lipinski definition) is 1. The van der Waals surface area contributed by atoms with Crippen LogP contribution in [-0.2, 0) is 27.7 Å². The molecule has 8 nitrogen and oxygen atoms in total. The molecule has 1 N–H and O–H groups in total. The van der Waals surface area contributed by atoms with Gasteiger partial charge in [-0.25, -0.2) is 8.42 Å². The summed E-state index contributed by atoms with van der Waals surface area (Å²) in [5.41, 5.74) is 4.00. The first-order chi connectivity index (χ1) is 15.9. The number of carbonyl (C=O) groups excluding carboxylic acids is 1. The van der Waals surface area contributed by atoms with E-state index in [1.165, 1.54) is 21.9 Å². The summed E-state index contributed by atoms with van der Waals surface area (Å²) in [5.74, 6) is 0.299. The van der Waals surface area contributed by atoms with Gasteiger partial charge in [0.05, 0.1) is 5.92 Å². The average Bonchev–Trinajstić information content (AvgIpc) is 3.49. The fraction of sp³-hybridized carbons (Fsp3) is 0.435. The number of hydrogen-bond acceptors (Lipinski definition) is 7. The minimum Gasteiger partial charge on any atom is -0.339 e. The monoisotopic (exact) mass is 486 g/mol. The number of piperidine rings is 1. The highest BCUT2D eigenvalue weighted by molar-refractivity contribution is 7.91. The molecular weight excluding hydrogens is 460 g/mol. The second-order valence-corrected chi connectivity index (χ2v) is 11.7. The van der Waals surface area contributed by atoms with Crippen LogP contribution in [0.1, 0.15) is 42.7 Å². The highest BCUT2D eigenvalue weighted by atomic mass is 32.2. The number of aromatic nitrogens is 2. The Kier molecular flexibility index (Phi) is 6.07. The van der Waals surface area contributed by atoms with Crippen LogP contribution in [0.15, 0.2) is 38.4 Å². The zero-order chi connectivity index (χ0) is 23.0. The maximum Gasteiger partial charge on any atom is 0.252 e. The molecule has 0 saturated carbocycles. The Labute approximate surface area is 197 Å². The van der Waals surface area contributed by atoms with E-state index in [1.54, 1.807) is 18.4 Å². The van der Waals surface area contributed by atoms with Gasteiger partial charge >= 0.3 is 0 Å². The third kappa shape index (κ3) is 4.47. The van der Waals surface area contributed by atoms with Gasteiger partial charge in [0.1, 0.15) is 4.21 Å². The van der Waals surface area contributed by atoms with Crippen LogP contribution < -0.4 is 5.32 Å². The molecule has 1 saturated heterocycles. The topological polar surface area (TPSA) is 105 Å². The predicted molar refractivity (Wildman–Crippen MR) is 126 cm³/mol. The van der Waals surface area contributed by atoms with E-state index in [-0.39, 0.29) is 22.6 Å². The van der Waals surface area contributed by atoms with Gasteiger partial charge in [-0.1, -0.05) is 17.3 Å². The zero-order valence-electron chi connectivity index (χ0n) is 18.4. The molecular formula is C23H26N4O4S2. The molecule has 1 aliphatic heterocycles. The second kappa shape index (κ2) is 9.00. The average molecular weight is 487 g/mol. The molecule has 174 valence electrons. The molecule has 0 bridgehead atoms. The molecule has 10 heteroatoms. The summed E-state index contributed by atoms with van der Waals surface area (Å²) in [6.45, 7) is 2.27. The molecule has 3 aromatic rings. The number of amides is 1. The van der Waals surface area contributed by atoms with E-state index in [4.69, 9.17) is 4.52 Å². The number of rotatable bonds is 5. The standard InChI is InChI=1S/C23H26N4O4S2/c1-15-24-22(26-31-15)18-12-21(32-14-18)33(29,30)27-11-5-8-17(13-27)23(28)25-20-10-4-7-16-6-2-3-9-19(16)20/h4,7,10,12,14,17H,2-3,5-6,8-9,11,13H2,1H3,(H,25,28)/t17-/m1/s1. The summed E-state index contributed by atoms with van der Waals surface area (Å²) in [7, 11) is -3.71. The number of nitrogens with one attached hydrogen (secondary N) is 1. The molecule has 0 radical (unpaired) electrons. The van der Waals surface area contributed by atoms with E-state index in [0.29, 0.717) is 36.7 Å². The lowest BCUT2D eigenvalue weighted by atomic mass is 9.90. The SMILES string of the molecule is Cc1nc(-c2csc(S(=O)(=O)N3CCC[C@@H](C(=O)Nc4cccc5c4CCCC5)C3)c2)no1. The fourth-order valence-electron chi connectivity index (χ4n) is 4.62. The first kappa shape index (κ1) is 22.2. The molecule has 0 unspecified atom stereocenters. The smallest absolute Gasteiger partial charge is 0.252 e. The molecule has 2 aromatic heterocycles. The number of carbonyl (C=O) groups is 1. The zero-order valence-corrected chi connectivity index (χ0v) is 20.0. The Morgan fingerprint density at radius 3 is 2.91 bits per heavy atom. The Morgan fingerprint density at radius 1 is 1.24 bits per heavy atom. The van der Waals surface area contributed by atoms with E-state index in [0.717, 1.165) is 36.3 Å². The van der Waals surface area contributed by atoms with Crippen LogP contribution in [0.4, 0.5) is 5.69 Å². The van der Waals surface area contributed by atoms with Crippen LogP contribution in [0.2, 0.25) is 0 Å². The van der Waals surface area contributed by atoms with E-state index in [9.17, 15) is 13.2 Å². The van der Waals surface area contributed by atoms with Crippen molar-refractivity contribution >= 4 is 33.0 Å². The third-order valence-corrected chi connectivity index (χ3v) is 9.64. The summed E-state index contributed by atoms with van der Waals surface area (Å²) in [5, 5.41) is 8.67. The number of anilines is 1. The lowest BCUT2D eigenvalue weighted by Gasteiger charge is -2.31. The van der Waals surface area contributed by atoms with Crippen molar-refractivity contribution in [3.8, 4) is 11.4 Å². The quantitative estimate of drug-likeness (QED) is 0.584. The fourth-order valence-corrected chi connectivity index (χ4v) is 7.46. The molecule has 1 aromatic carbocycles. The third-order valence-electron chi connectivity index (χ3n) is 6.36. The van der Waals surface area contributed by atoms with Crippen LogP contribution in [-0.4, -0.2) is 41.9 Å². The molecule has 1 amide bonds. The van der Waals surface area contributed by atoms with Gasteiger partial charge in [-0.2, -0.15) is 9.29 Å². The first-order valence-corrected chi connectivity index (χ1v) is 13.5. The van der Waals surface area contributed by atoms with Crippen molar-refractivity contribution in [1.82, 2.24) is 14.4 Å². The molecule has 1 atom stereocenters. The summed E-state index contributed by atoms with van der Waals surface area (Å²) >= 11 is 1.13. The van der Waals surface area contributed by atoms with Gasteiger partial charge in [0.2, 0.25) is 17.6 Å². The van der Waals surface area contributed by atoms with Gasteiger partial charge in [0.15, 0.2) is 0 Å². The van der Waals surface area contributed by atoms with Crippen LogP contribution >= 0.6 is 11.3 Å². The van der Waals surface area contributed by atoms with Crippen LogP contribution in [0, 0.1) is 12.8 Å². The minimum atomic E-state index is -3.71. The number of fused-ring (bicyclic) bond motifs is 1. The Hall–Kier alpha value is -2.56. The maximum absolute atomic E-state index is 13.3. The van der Waals surface area contributed by atoms with E-state index < -0.39 is 10.0 Å². The normalized spacial score (nSPS) is 19.2. The molecule has 5 rings (SSSR count). The second-order valence-electron chi connectivity index (χ2n) is 8.63. The lowest BCUT2D eigenvalue weighted by molar-refractivity contribution is -0.120. The summed E-state index contributed by atoms with van der Waals surface area (Å²) in [6, 6.07) is 7.64. The highest BCUT2D eigenvalue weighted by Gasteiger charge is 2.34. The minimum absolute atomic E-state index is 0.108. The molecule has 0 spiro atoms. The summed E-state index contributed by atoms with van der Waals surface area (Å²) < 4.78 is 33.2. The van der Waals surface area contributed by atoms with Crippen LogP contribution in [0.25, 0.3) is 11.4 Å². The Balaban J connectivity index is 1.30. The molecule has 3 heterocycles. The van der Waals surface area contributed by atoms with E-state index in [1.807, 2.05) is 12.1 Å². The Morgan fingerprint density at radius 2 is 2.09 bits per heavy atom. The molecule has 1 fully saturated rings. The maximum atomic E-state index is 13.3. The predicted octanol–water partition coefficient (Wildman–Crippen LogP) is 4.02. The number of nitrogens with zero attached hydrogens (tertiary/aromatic N) is 3. The van der Waals surface area contributed by atoms with E-state index in [2.05, 4.69) is 21.5 Å². The van der Waals surface area contributed by atoms with Crippen molar-refractivity contribution in [3.05, 3.63) is 46.7 Å². The van der Waals surface area contributed by atoms with Gasteiger partial charge in [-0.05, 0) is 61.8 Å². The van der Waals surface area contributed by atoms with Crippen molar-refractivity contribution in [3.63, 3.8) is 0 Å². The van der Waals surface area contributed by atoms with Crippen molar-refractivity contribution in [2.24, 2.45) is 5.92 Å². The van der Waals surface area contributed by atoms with Crippen molar-refractivity contribution in [2.75, 3.05) is 18.4 Å². The van der Waals surface area contributed by atoms with Crippen molar-refractivity contribution < 1.29 is 17.7 Å². The summed E-state index contributed by atoms with van der Waals surface area (Å²) in [4.78, 5) is 17.3. The van der Waals surface area contributed by atoms with Crippen LogP contribution in [0.5, 0.6) is 0 Å². The molecule has 33 heavy (non-hydrogen) atoms. The number of thiophene rings is 1. The van der Waals surface area contributed by atoms with Crippen molar-refractivity contribution in [2.45, 2.75) is 49.7 Å².